The molecule has 1 unspecified atom stereocenters. The Morgan fingerprint density at radius 3 is 2.78 bits per heavy atom. The number of hydrogen-bond donors (Lipinski definition) is 0. The molecule has 0 bridgehead atoms. The molecule has 0 fully saturated rings. The molecule has 0 N–H and O–H groups in total. The molecule has 0 aromatic rings. The fourth-order valence-electron chi connectivity index (χ4n) is 0.374. The molecule has 0 rings (SSSR count). The van der Waals surface area contributed by atoms with Crippen molar-refractivity contribution in [2.75, 3.05) is 0 Å². The van der Waals surface area contributed by atoms with E-state index >= 15 is 0 Å². The summed E-state index contributed by atoms with van der Waals surface area (Å²) in [6, 6.07) is -0.0833. The Kier molecular flexibility index (Phi) is 4.18. The predicted octanol–water partition coefficient (Wildman–Crippen LogP) is 2.98. The highest BCUT2D eigenvalue weighted by atomic mass is 79.9. The summed E-state index contributed by atoms with van der Waals surface area (Å²) in [4.78, 5) is 2.66. The van der Waals surface area contributed by atoms with Gasteiger partial charge in [-0.15, -0.1) is 0 Å². The number of hydrogen-bond acceptors (Lipinski definition) is 1. The quantitative estimate of drug-likeness (QED) is 0.365. The molecule has 4 heteroatoms. The summed E-state index contributed by atoms with van der Waals surface area (Å²) >= 11 is 3.24. The first kappa shape index (κ1) is 8.53. The first-order valence-corrected chi connectivity index (χ1v) is 3.37. The van der Waals surface area contributed by atoms with Crippen LogP contribution in [0.2, 0.25) is 0 Å². The number of halogens is 1. The van der Waals surface area contributed by atoms with Crippen LogP contribution < -0.4 is 0 Å². The molecular weight excluding hydrogens is 182 g/mol. The predicted molar refractivity (Wildman–Crippen MR) is 41.3 cm³/mol. The minimum atomic E-state index is -0.0833. The molecule has 0 amide bonds. The zero-order valence-electron chi connectivity index (χ0n) is 5.37. The van der Waals surface area contributed by atoms with Crippen LogP contribution in [0.25, 0.3) is 10.4 Å². The maximum Gasteiger partial charge on any atom is 0.0659 e. The van der Waals surface area contributed by atoms with Crippen LogP contribution in [0, 0.1) is 0 Å². The lowest BCUT2D eigenvalue weighted by Gasteiger charge is -1.98. The first-order valence-electron chi connectivity index (χ1n) is 2.58. The van der Waals surface area contributed by atoms with Gasteiger partial charge in [0.15, 0.2) is 0 Å². The van der Waals surface area contributed by atoms with Crippen molar-refractivity contribution in [3.63, 3.8) is 0 Å². The number of azide groups is 1. The van der Waals surface area contributed by atoms with Crippen LogP contribution in [-0.2, 0) is 0 Å². The van der Waals surface area contributed by atoms with Crippen LogP contribution in [0.15, 0.2) is 15.7 Å². The van der Waals surface area contributed by atoms with E-state index in [0.717, 1.165) is 4.48 Å². The fraction of sp³-hybridized carbons (Fsp3) is 0.600. The zero-order chi connectivity index (χ0) is 7.28. The molecule has 0 heterocycles. The summed E-state index contributed by atoms with van der Waals surface area (Å²) in [5.74, 6) is 0. The molecular formula is C5H8BrN3. The monoisotopic (exact) mass is 189 g/mol. The minimum Gasteiger partial charge on any atom is -0.0857 e. The fourth-order valence-corrected chi connectivity index (χ4v) is 0.465. The highest BCUT2D eigenvalue weighted by molar-refractivity contribution is 9.11. The van der Waals surface area contributed by atoms with Crippen LogP contribution in [0.4, 0.5) is 0 Å². The Labute approximate surface area is 62.5 Å². The standard InChI is InChI=1S/C5H8BrN3/c1-3-5(6)4(2)8-9-7/h3-4H,1-2H3/b5-3-. The average molecular weight is 190 g/mol. The topological polar surface area (TPSA) is 48.8 Å². The molecule has 3 nitrogen and oxygen atoms in total. The third kappa shape index (κ3) is 3.16. The molecule has 0 saturated carbocycles. The second-order valence-electron chi connectivity index (χ2n) is 1.55. The van der Waals surface area contributed by atoms with Crippen molar-refractivity contribution < 1.29 is 0 Å². The number of rotatable bonds is 2. The van der Waals surface area contributed by atoms with Gasteiger partial charge in [-0.05, 0) is 16.9 Å². The maximum atomic E-state index is 7.99. The van der Waals surface area contributed by atoms with Crippen molar-refractivity contribution in [3.8, 4) is 0 Å². The average Bonchev–Trinajstić information content (AvgIpc) is 1.87. The minimum absolute atomic E-state index is 0.0833. The summed E-state index contributed by atoms with van der Waals surface area (Å²) < 4.78 is 0.917. The van der Waals surface area contributed by atoms with E-state index in [9.17, 15) is 0 Å². The largest absolute Gasteiger partial charge is 0.0857 e. The van der Waals surface area contributed by atoms with Crippen molar-refractivity contribution in [1.82, 2.24) is 0 Å². The molecule has 0 radical (unpaired) electrons. The van der Waals surface area contributed by atoms with Crippen molar-refractivity contribution in [3.05, 3.63) is 21.0 Å². The van der Waals surface area contributed by atoms with Crippen molar-refractivity contribution in [2.45, 2.75) is 19.9 Å². The van der Waals surface area contributed by atoms with Crippen LogP contribution in [-0.4, -0.2) is 6.04 Å². The zero-order valence-corrected chi connectivity index (χ0v) is 6.96. The molecule has 0 aliphatic heterocycles. The van der Waals surface area contributed by atoms with Gasteiger partial charge in [-0.3, -0.25) is 0 Å². The Balaban J connectivity index is 4.03. The van der Waals surface area contributed by atoms with Gasteiger partial charge >= 0.3 is 0 Å². The third-order valence-electron chi connectivity index (χ3n) is 0.900. The Morgan fingerprint density at radius 2 is 2.44 bits per heavy atom. The highest BCUT2D eigenvalue weighted by Gasteiger charge is 1.98. The van der Waals surface area contributed by atoms with Crippen molar-refractivity contribution >= 4 is 15.9 Å². The van der Waals surface area contributed by atoms with Crippen molar-refractivity contribution in [1.29, 1.82) is 0 Å². The molecule has 0 aliphatic carbocycles. The lowest BCUT2D eigenvalue weighted by molar-refractivity contribution is 0.899. The lowest BCUT2D eigenvalue weighted by atomic mass is 10.3. The summed E-state index contributed by atoms with van der Waals surface area (Å²) in [5.41, 5.74) is 7.99. The molecule has 50 valence electrons. The lowest BCUT2D eigenvalue weighted by Crippen LogP contribution is -1.93. The summed E-state index contributed by atoms with van der Waals surface area (Å²) in [5, 5.41) is 3.46. The number of nitrogens with zero attached hydrogens (tertiary/aromatic N) is 3. The van der Waals surface area contributed by atoms with Crippen molar-refractivity contribution in [2.24, 2.45) is 5.11 Å². The van der Waals surface area contributed by atoms with Gasteiger partial charge in [-0.2, -0.15) is 0 Å². The van der Waals surface area contributed by atoms with Crippen LogP contribution >= 0.6 is 15.9 Å². The third-order valence-corrected chi connectivity index (χ3v) is 2.02. The molecule has 0 saturated heterocycles. The molecule has 0 aliphatic rings. The Bertz CT molecular complexity index is 158. The maximum absolute atomic E-state index is 7.99. The molecule has 0 spiro atoms. The van der Waals surface area contributed by atoms with E-state index in [1.165, 1.54) is 0 Å². The van der Waals surface area contributed by atoms with E-state index in [1.54, 1.807) is 0 Å². The second kappa shape index (κ2) is 4.41. The van der Waals surface area contributed by atoms with E-state index < -0.39 is 0 Å². The van der Waals surface area contributed by atoms with Crippen LogP contribution in [0.1, 0.15) is 13.8 Å². The van der Waals surface area contributed by atoms with E-state index in [2.05, 4.69) is 26.0 Å². The van der Waals surface area contributed by atoms with Gasteiger partial charge in [0.1, 0.15) is 0 Å². The van der Waals surface area contributed by atoms with Gasteiger partial charge in [-0.25, -0.2) is 0 Å². The van der Waals surface area contributed by atoms with E-state index in [0.29, 0.717) is 0 Å². The normalized spacial score (nSPS) is 14.3. The van der Waals surface area contributed by atoms with E-state index in [4.69, 9.17) is 5.53 Å². The first-order chi connectivity index (χ1) is 4.22. The van der Waals surface area contributed by atoms with E-state index in [-0.39, 0.29) is 6.04 Å². The SMILES string of the molecule is C/C=C(\Br)C(C)N=[N+]=[N-]. The molecule has 0 aromatic heterocycles. The molecule has 0 aromatic carbocycles. The van der Waals surface area contributed by atoms with Gasteiger partial charge in [-0.1, -0.05) is 34.0 Å². The highest BCUT2D eigenvalue weighted by Crippen LogP contribution is 2.12. The van der Waals surface area contributed by atoms with Gasteiger partial charge < -0.3 is 0 Å². The smallest absolute Gasteiger partial charge is 0.0659 e. The van der Waals surface area contributed by atoms with Gasteiger partial charge in [0.2, 0.25) is 0 Å². The van der Waals surface area contributed by atoms with Gasteiger partial charge in [0.05, 0.1) is 6.04 Å². The summed E-state index contributed by atoms with van der Waals surface area (Å²) in [6.07, 6.45) is 1.86. The summed E-state index contributed by atoms with van der Waals surface area (Å²) in [6.45, 7) is 3.71. The second-order valence-corrected chi connectivity index (χ2v) is 2.47. The molecule has 1 atom stereocenters. The number of allylic oxidation sites excluding steroid dienone is 1. The van der Waals surface area contributed by atoms with Crippen LogP contribution in [0.3, 0.4) is 0 Å². The summed E-state index contributed by atoms with van der Waals surface area (Å²) in [7, 11) is 0. The van der Waals surface area contributed by atoms with E-state index in [1.807, 2.05) is 19.9 Å². The van der Waals surface area contributed by atoms with Gasteiger partial charge in [0, 0.05) is 4.91 Å². The Morgan fingerprint density at radius 1 is 1.89 bits per heavy atom. The van der Waals surface area contributed by atoms with Gasteiger partial charge in [0.25, 0.3) is 0 Å². The van der Waals surface area contributed by atoms with Crippen LogP contribution in [0.5, 0.6) is 0 Å². The Hall–Kier alpha value is -0.470. The molecule has 9 heavy (non-hydrogen) atoms.